The fraction of sp³-hybridized carbons (Fsp3) is 0.833. The van der Waals surface area contributed by atoms with Crippen LogP contribution in [0.25, 0.3) is 0 Å². The standard InChI is InChI=1S/C6H13NO5S/c1-5(6(9)10)13(11,12)7(2)3-4-8/h5,8H,3-4H2,1-2H3,(H,9,10). The van der Waals surface area contributed by atoms with Crippen LogP contribution in [0.3, 0.4) is 0 Å². The van der Waals surface area contributed by atoms with Crippen molar-refractivity contribution in [2.75, 3.05) is 20.2 Å². The summed E-state index contributed by atoms with van der Waals surface area (Å²) in [6, 6.07) is 0. The van der Waals surface area contributed by atoms with Crippen molar-refractivity contribution in [2.45, 2.75) is 12.2 Å². The van der Waals surface area contributed by atoms with Crippen molar-refractivity contribution < 1.29 is 23.4 Å². The molecule has 0 spiro atoms. The van der Waals surface area contributed by atoms with Crippen molar-refractivity contribution in [2.24, 2.45) is 0 Å². The van der Waals surface area contributed by atoms with Crippen LogP contribution in [-0.2, 0) is 14.8 Å². The molecule has 0 saturated carbocycles. The minimum Gasteiger partial charge on any atom is -0.480 e. The highest BCUT2D eigenvalue weighted by Gasteiger charge is 2.31. The Balaban J connectivity index is 4.66. The molecule has 1 unspecified atom stereocenters. The van der Waals surface area contributed by atoms with E-state index in [9.17, 15) is 13.2 Å². The number of carboxylic acids is 1. The molecule has 0 fully saturated rings. The second-order valence-electron chi connectivity index (χ2n) is 2.57. The second kappa shape index (κ2) is 4.54. The third-order valence-electron chi connectivity index (χ3n) is 1.64. The number of carbonyl (C=O) groups is 1. The average Bonchev–Trinajstić information content (AvgIpc) is 2.03. The van der Waals surface area contributed by atoms with E-state index >= 15 is 0 Å². The van der Waals surface area contributed by atoms with Crippen LogP contribution >= 0.6 is 0 Å². The molecule has 2 N–H and O–H groups in total. The molecule has 0 aromatic rings. The molecule has 1 atom stereocenters. The molecule has 0 aliphatic heterocycles. The van der Waals surface area contributed by atoms with Crippen molar-refractivity contribution in [1.29, 1.82) is 0 Å². The van der Waals surface area contributed by atoms with Gasteiger partial charge >= 0.3 is 5.97 Å². The predicted octanol–water partition coefficient (Wildman–Crippen LogP) is -1.29. The van der Waals surface area contributed by atoms with Gasteiger partial charge in [0.1, 0.15) is 0 Å². The van der Waals surface area contributed by atoms with E-state index in [0.717, 1.165) is 11.2 Å². The van der Waals surface area contributed by atoms with Crippen molar-refractivity contribution in [3.05, 3.63) is 0 Å². The lowest BCUT2D eigenvalue weighted by atomic mass is 10.5. The molecule has 7 heteroatoms. The maximum absolute atomic E-state index is 11.3. The molecule has 0 aromatic heterocycles. The summed E-state index contributed by atoms with van der Waals surface area (Å²) in [4.78, 5) is 10.4. The largest absolute Gasteiger partial charge is 0.480 e. The number of hydrogen-bond donors (Lipinski definition) is 2. The normalized spacial score (nSPS) is 14.5. The maximum Gasteiger partial charge on any atom is 0.323 e. The van der Waals surface area contributed by atoms with Gasteiger partial charge in [0.05, 0.1) is 6.61 Å². The van der Waals surface area contributed by atoms with Crippen molar-refractivity contribution in [3.8, 4) is 0 Å². The Morgan fingerprint density at radius 2 is 2.00 bits per heavy atom. The molecule has 78 valence electrons. The van der Waals surface area contributed by atoms with E-state index in [-0.39, 0.29) is 13.2 Å². The molecular weight excluding hydrogens is 198 g/mol. The first kappa shape index (κ1) is 12.3. The molecule has 0 aliphatic rings. The molecule has 0 rings (SSSR count). The Labute approximate surface area is 76.8 Å². The maximum atomic E-state index is 11.3. The monoisotopic (exact) mass is 211 g/mol. The number of rotatable bonds is 5. The van der Waals surface area contributed by atoms with Crippen LogP contribution in [0, 0.1) is 0 Å². The van der Waals surface area contributed by atoms with Gasteiger partial charge in [-0.05, 0) is 6.92 Å². The van der Waals surface area contributed by atoms with Gasteiger partial charge in [0.2, 0.25) is 10.0 Å². The van der Waals surface area contributed by atoms with Gasteiger partial charge in [-0.2, -0.15) is 0 Å². The number of carboxylic acid groups (broad SMARTS) is 1. The zero-order valence-electron chi connectivity index (χ0n) is 7.47. The van der Waals surface area contributed by atoms with Crippen LogP contribution in [-0.4, -0.2) is 54.4 Å². The summed E-state index contributed by atoms with van der Waals surface area (Å²) in [6.07, 6.45) is 0. The Kier molecular flexibility index (Phi) is 4.31. The zero-order chi connectivity index (χ0) is 10.6. The summed E-state index contributed by atoms with van der Waals surface area (Å²) < 4.78 is 23.4. The van der Waals surface area contributed by atoms with Gasteiger partial charge in [0.25, 0.3) is 0 Å². The van der Waals surface area contributed by atoms with E-state index in [1.807, 2.05) is 0 Å². The molecular formula is C6H13NO5S. The van der Waals surface area contributed by atoms with Gasteiger partial charge in [-0.1, -0.05) is 0 Å². The number of sulfonamides is 1. The van der Waals surface area contributed by atoms with Gasteiger partial charge in [0, 0.05) is 13.6 Å². The highest BCUT2D eigenvalue weighted by molar-refractivity contribution is 7.90. The lowest BCUT2D eigenvalue weighted by Gasteiger charge is -2.18. The fourth-order valence-corrected chi connectivity index (χ4v) is 1.80. The quantitative estimate of drug-likeness (QED) is 0.590. The van der Waals surface area contributed by atoms with Gasteiger partial charge < -0.3 is 10.2 Å². The Bertz CT molecular complexity index is 273. The van der Waals surface area contributed by atoms with Crippen LogP contribution in [0.5, 0.6) is 0 Å². The second-order valence-corrected chi connectivity index (χ2v) is 4.93. The summed E-state index contributed by atoms with van der Waals surface area (Å²) in [7, 11) is -2.60. The Morgan fingerprint density at radius 1 is 1.54 bits per heavy atom. The summed E-state index contributed by atoms with van der Waals surface area (Å²) >= 11 is 0. The lowest BCUT2D eigenvalue weighted by Crippen LogP contribution is -2.40. The molecule has 0 aromatic carbocycles. The van der Waals surface area contributed by atoms with Crippen LogP contribution in [0.4, 0.5) is 0 Å². The predicted molar refractivity (Wildman–Crippen MR) is 45.7 cm³/mol. The molecule has 13 heavy (non-hydrogen) atoms. The van der Waals surface area contributed by atoms with Gasteiger partial charge in [-0.15, -0.1) is 0 Å². The molecule has 6 nitrogen and oxygen atoms in total. The summed E-state index contributed by atoms with van der Waals surface area (Å²) in [5.74, 6) is -1.40. The van der Waals surface area contributed by atoms with E-state index in [4.69, 9.17) is 10.2 Å². The number of aliphatic hydroxyl groups is 1. The molecule has 0 saturated heterocycles. The van der Waals surface area contributed by atoms with E-state index in [0.29, 0.717) is 0 Å². The van der Waals surface area contributed by atoms with Gasteiger partial charge in [-0.25, -0.2) is 12.7 Å². The summed E-state index contributed by atoms with van der Waals surface area (Å²) in [5.41, 5.74) is 0. The fourth-order valence-electron chi connectivity index (χ4n) is 0.665. The van der Waals surface area contributed by atoms with Crippen molar-refractivity contribution >= 4 is 16.0 Å². The SMILES string of the molecule is CC(C(=O)O)S(=O)(=O)N(C)CCO. The number of aliphatic hydroxyl groups excluding tert-OH is 1. The van der Waals surface area contributed by atoms with Crippen LogP contribution < -0.4 is 0 Å². The van der Waals surface area contributed by atoms with E-state index in [1.54, 1.807) is 0 Å². The molecule has 0 bridgehead atoms. The zero-order valence-corrected chi connectivity index (χ0v) is 8.28. The first-order chi connectivity index (χ1) is 5.84. The number of aliphatic carboxylic acids is 1. The minimum atomic E-state index is -3.83. The molecule has 0 aliphatic carbocycles. The lowest BCUT2D eigenvalue weighted by molar-refractivity contribution is -0.136. The highest BCUT2D eigenvalue weighted by Crippen LogP contribution is 2.06. The van der Waals surface area contributed by atoms with Crippen molar-refractivity contribution in [3.63, 3.8) is 0 Å². The molecule has 0 heterocycles. The third-order valence-corrected chi connectivity index (χ3v) is 3.79. The van der Waals surface area contributed by atoms with Crippen molar-refractivity contribution in [1.82, 2.24) is 4.31 Å². The van der Waals surface area contributed by atoms with E-state index in [2.05, 4.69) is 0 Å². The van der Waals surface area contributed by atoms with Crippen LogP contribution in [0.2, 0.25) is 0 Å². The minimum absolute atomic E-state index is 0.0973. The first-order valence-electron chi connectivity index (χ1n) is 3.63. The van der Waals surface area contributed by atoms with Crippen LogP contribution in [0.15, 0.2) is 0 Å². The first-order valence-corrected chi connectivity index (χ1v) is 5.13. The number of nitrogens with zero attached hydrogens (tertiary/aromatic N) is 1. The Morgan fingerprint density at radius 3 is 2.31 bits per heavy atom. The van der Waals surface area contributed by atoms with E-state index in [1.165, 1.54) is 7.05 Å². The number of likely N-dealkylation sites (N-methyl/N-ethyl adjacent to an activating group) is 1. The van der Waals surface area contributed by atoms with Crippen LogP contribution in [0.1, 0.15) is 6.92 Å². The third kappa shape index (κ3) is 2.94. The Hall–Kier alpha value is -0.660. The summed E-state index contributed by atoms with van der Waals surface area (Å²) in [6.45, 7) is 0.660. The van der Waals surface area contributed by atoms with Gasteiger partial charge in [-0.3, -0.25) is 4.79 Å². The highest BCUT2D eigenvalue weighted by atomic mass is 32.2. The topological polar surface area (TPSA) is 94.9 Å². The van der Waals surface area contributed by atoms with Gasteiger partial charge in [0.15, 0.2) is 5.25 Å². The summed E-state index contributed by atoms with van der Waals surface area (Å²) in [5, 5.41) is 15.5. The molecule has 0 amide bonds. The van der Waals surface area contributed by atoms with E-state index < -0.39 is 21.2 Å². The number of hydrogen-bond acceptors (Lipinski definition) is 4. The molecule has 0 radical (unpaired) electrons. The average molecular weight is 211 g/mol. The smallest absolute Gasteiger partial charge is 0.323 e.